The largest absolute Gasteiger partial charge is 0.490 e. The maximum atomic E-state index is 12.9. The third kappa shape index (κ3) is 9.11. The van der Waals surface area contributed by atoms with Crippen LogP contribution in [0.15, 0.2) is 34.6 Å². The van der Waals surface area contributed by atoms with Crippen LogP contribution in [-0.2, 0) is 26.7 Å². The number of halogens is 6. The van der Waals surface area contributed by atoms with Gasteiger partial charge in [0.1, 0.15) is 24.8 Å². The van der Waals surface area contributed by atoms with Crippen LogP contribution in [0.3, 0.4) is 0 Å². The van der Waals surface area contributed by atoms with Crippen molar-refractivity contribution in [2.75, 3.05) is 40.5 Å². The Morgan fingerprint density at radius 1 is 1.03 bits per heavy atom. The maximum absolute atomic E-state index is 12.9. The molecule has 35 heavy (non-hydrogen) atoms. The average molecular weight is 513 g/mol. The SMILES string of the molecule is C/C(C(=O)N(C)CCO)=C(\N=C(/C)OCCOc1cc(C(F)(F)F)cc(C(F)(F)F)c1)N(C)C=O. The molecule has 1 N–H and O–H groups in total. The number of alkyl halides is 6. The lowest BCUT2D eigenvalue weighted by atomic mass is 10.1. The van der Waals surface area contributed by atoms with Crippen LogP contribution < -0.4 is 4.74 Å². The van der Waals surface area contributed by atoms with E-state index in [9.17, 15) is 35.9 Å². The molecule has 1 aromatic rings. The molecular weight excluding hydrogens is 488 g/mol. The fourth-order valence-corrected chi connectivity index (χ4v) is 2.65. The van der Waals surface area contributed by atoms with Crippen molar-refractivity contribution >= 4 is 18.2 Å². The Labute approximate surface area is 197 Å². The van der Waals surface area contributed by atoms with Crippen LogP contribution in [0.5, 0.6) is 5.75 Å². The topological polar surface area (TPSA) is 91.7 Å². The first kappa shape index (κ1) is 29.7. The van der Waals surface area contributed by atoms with Gasteiger partial charge in [0, 0.05) is 27.6 Å². The Balaban J connectivity index is 2.97. The summed E-state index contributed by atoms with van der Waals surface area (Å²) in [5.41, 5.74) is -2.98. The summed E-state index contributed by atoms with van der Waals surface area (Å²) in [6.45, 7) is 1.78. The molecule has 0 aliphatic rings. The van der Waals surface area contributed by atoms with E-state index < -0.39 is 41.7 Å². The van der Waals surface area contributed by atoms with Crippen molar-refractivity contribution in [3.8, 4) is 5.75 Å². The normalized spacial score (nSPS) is 13.2. The smallest absolute Gasteiger partial charge is 0.416 e. The molecule has 1 aromatic carbocycles. The summed E-state index contributed by atoms with van der Waals surface area (Å²) in [5, 5.41) is 8.97. The zero-order valence-corrected chi connectivity index (χ0v) is 19.3. The Morgan fingerprint density at radius 2 is 1.57 bits per heavy atom. The van der Waals surface area contributed by atoms with Crippen LogP contribution in [0.1, 0.15) is 25.0 Å². The molecule has 1 rings (SSSR count). The van der Waals surface area contributed by atoms with Crippen LogP contribution in [0.4, 0.5) is 26.3 Å². The van der Waals surface area contributed by atoms with Crippen molar-refractivity contribution in [1.29, 1.82) is 0 Å². The Kier molecular flexibility index (Phi) is 10.6. The van der Waals surface area contributed by atoms with Gasteiger partial charge in [0.05, 0.1) is 23.3 Å². The molecule has 14 heteroatoms. The van der Waals surface area contributed by atoms with Gasteiger partial charge in [-0.2, -0.15) is 31.3 Å². The number of benzene rings is 1. The van der Waals surface area contributed by atoms with Gasteiger partial charge in [0.15, 0.2) is 5.90 Å². The molecule has 0 saturated heterocycles. The highest BCUT2D eigenvalue weighted by atomic mass is 19.4. The summed E-state index contributed by atoms with van der Waals surface area (Å²) in [6.07, 6.45) is -9.62. The van der Waals surface area contributed by atoms with Crippen molar-refractivity contribution in [2.24, 2.45) is 4.99 Å². The second-order valence-electron chi connectivity index (χ2n) is 7.18. The van der Waals surface area contributed by atoms with Gasteiger partial charge in [-0.15, -0.1) is 0 Å². The number of aliphatic hydroxyl groups excluding tert-OH is 1. The van der Waals surface area contributed by atoms with E-state index in [0.29, 0.717) is 18.5 Å². The summed E-state index contributed by atoms with van der Waals surface area (Å²) >= 11 is 0. The quantitative estimate of drug-likeness (QED) is 0.130. The van der Waals surface area contributed by atoms with Gasteiger partial charge in [0.2, 0.25) is 6.41 Å². The molecule has 0 saturated carbocycles. The van der Waals surface area contributed by atoms with Crippen molar-refractivity contribution in [3.63, 3.8) is 0 Å². The summed E-state index contributed by atoms with van der Waals surface area (Å²) < 4.78 is 87.8. The highest BCUT2D eigenvalue weighted by molar-refractivity contribution is 5.94. The first-order valence-corrected chi connectivity index (χ1v) is 9.97. The fraction of sp³-hybridized carbons (Fsp3) is 0.476. The number of amides is 2. The molecule has 0 radical (unpaired) electrons. The van der Waals surface area contributed by atoms with Gasteiger partial charge < -0.3 is 24.4 Å². The van der Waals surface area contributed by atoms with Crippen LogP contribution >= 0.6 is 0 Å². The van der Waals surface area contributed by atoms with Gasteiger partial charge in [0.25, 0.3) is 5.91 Å². The standard InChI is InChI=1S/C21H25F6N3O5/c1-13(19(33)29(3)5-6-31)18(30(4)12-32)28-14(2)34-7-8-35-17-10-15(20(22,23)24)9-16(11-17)21(25,26)27/h9-12,31H,5-8H2,1-4H3/b18-13-,28-14+. The van der Waals surface area contributed by atoms with Gasteiger partial charge in [-0.3, -0.25) is 9.59 Å². The first-order chi connectivity index (χ1) is 16.1. The summed E-state index contributed by atoms with van der Waals surface area (Å²) in [4.78, 5) is 29.9. The second-order valence-corrected chi connectivity index (χ2v) is 7.18. The number of hydrogen-bond donors (Lipinski definition) is 1. The van der Waals surface area contributed by atoms with Gasteiger partial charge >= 0.3 is 12.4 Å². The Hall–Kier alpha value is -3.29. The molecule has 0 atom stereocenters. The molecule has 0 fully saturated rings. The zero-order chi connectivity index (χ0) is 27.0. The van der Waals surface area contributed by atoms with Crippen molar-refractivity contribution < 1.29 is 50.5 Å². The lowest BCUT2D eigenvalue weighted by Gasteiger charge is -2.20. The molecule has 0 aliphatic heterocycles. The van der Waals surface area contributed by atoms with E-state index in [-0.39, 0.29) is 43.1 Å². The molecule has 196 valence electrons. The number of hydrogen-bond acceptors (Lipinski definition) is 6. The molecule has 0 bridgehead atoms. The molecule has 0 aromatic heterocycles. The van der Waals surface area contributed by atoms with Crippen LogP contribution in [-0.4, -0.2) is 73.6 Å². The Morgan fingerprint density at radius 3 is 2.03 bits per heavy atom. The van der Waals surface area contributed by atoms with Crippen LogP contribution in [0, 0.1) is 0 Å². The molecule has 0 aliphatic carbocycles. The minimum Gasteiger partial charge on any atom is -0.490 e. The predicted octanol–water partition coefficient (Wildman–Crippen LogP) is 3.31. The van der Waals surface area contributed by atoms with Crippen LogP contribution in [0.2, 0.25) is 0 Å². The molecule has 0 heterocycles. The number of aliphatic imine (C=N–C) groups is 1. The van der Waals surface area contributed by atoms with Crippen LogP contribution in [0.25, 0.3) is 0 Å². The fourth-order valence-electron chi connectivity index (χ4n) is 2.65. The van der Waals surface area contributed by atoms with E-state index in [1.54, 1.807) is 0 Å². The Bertz CT molecular complexity index is 927. The summed E-state index contributed by atoms with van der Waals surface area (Å²) in [7, 11) is 2.76. The number of carbonyl (C=O) groups excluding carboxylic acids is 2. The monoisotopic (exact) mass is 513 g/mol. The third-order valence-corrected chi connectivity index (χ3v) is 4.42. The molecule has 8 nitrogen and oxygen atoms in total. The lowest BCUT2D eigenvalue weighted by Crippen LogP contribution is -2.32. The van der Waals surface area contributed by atoms with Crippen molar-refractivity contribution in [1.82, 2.24) is 9.80 Å². The number of carbonyl (C=O) groups is 2. The van der Waals surface area contributed by atoms with E-state index >= 15 is 0 Å². The molecule has 0 spiro atoms. The summed E-state index contributed by atoms with van der Waals surface area (Å²) in [5.74, 6) is -1.30. The highest BCUT2D eigenvalue weighted by Gasteiger charge is 2.37. The third-order valence-electron chi connectivity index (χ3n) is 4.42. The molecular formula is C21H25F6N3O5. The highest BCUT2D eigenvalue weighted by Crippen LogP contribution is 2.38. The van der Waals surface area contributed by atoms with Gasteiger partial charge in [-0.25, -0.2) is 0 Å². The maximum Gasteiger partial charge on any atom is 0.416 e. The predicted molar refractivity (Wildman–Crippen MR) is 112 cm³/mol. The van der Waals surface area contributed by atoms with E-state index in [0.717, 1.165) is 4.90 Å². The van der Waals surface area contributed by atoms with E-state index in [1.807, 2.05) is 0 Å². The molecule has 0 unspecified atom stereocenters. The average Bonchev–Trinajstić information content (AvgIpc) is 2.77. The minimum atomic E-state index is -5.01. The number of aliphatic hydroxyl groups is 1. The van der Waals surface area contributed by atoms with E-state index in [1.165, 1.54) is 32.8 Å². The van der Waals surface area contributed by atoms with Gasteiger partial charge in [-0.1, -0.05) is 0 Å². The lowest BCUT2D eigenvalue weighted by molar-refractivity contribution is -0.143. The zero-order valence-electron chi connectivity index (χ0n) is 19.3. The van der Waals surface area contributed by atoms with Crippen molar-refractivity contribution in [2.45, 2.75) is 26.2 Å². The second kappa shape index (κ2) is 12.4. The minimum absolute atomic E-state index is 0.0147. The number of rotatable bonds is 10. The first-order valence-electron chi connectivity index (χ1n) is 9.97. The number of nitrogens with zero attached hydrogens (tertiary/aromatic N) is 3. The number of likely N-dealkylation sites (N-methyl/N-ethyl adjacent to an activating group) is 1. The van der Waals surface area contributed by atoms with E-state index in [4.69, 9.17) is 14.6 Å². The molecule has 2 amide bonds. The van der Waals surface area contributed by atoms with Crippen molar-refractivity contribution in [3.05, 3.63) is 40.7 Å². The van der Waals surface area contributed by atoms with E-state index in [2.05, 4.69) is 4.99 Å². The van der Waals surface area contributed by atoms with Gasteiger partial charge in [-0.05, 0) is 25.1 Å². The summed E-state index contributed by atoms with van der Waals surface area (Å²) in [6, 6.07) is 0.862. The number of ether oxygens (including phenoxy) is 2.